The number of aryl methyl sites for hydroxylation is 1. The van der Waals surface area contributed by atoms with Crippen LogP contribution in [0.3, 0.4) is 0 Å². The van der Waals surface area contributed by atoms with Crippen LogP contribution in [0.15, 0.2) is 24.3 Å². The highest BCUT2D eigenvalue weighted by atomic mass is 16.5. The second kappa shape index (κ2) is 4.87. The highest BCUT2D eigenvalue weighted by Crippen LogP contribution is 2.46. The van der Waals surface area contributed by atoms with Crippen LogP contribution in [0, 0.1) is 0 Å². The second-order valence-corrected chi connectivity index (χ2v) is 6.04. The predicted molar refractivity (Wildman–Crippen MR) is 84.2 cm³/mol. The van der Waals surface area contributed by atoms with Gasteiger partial charge in [-0.3, -0.25) is 4.68 Å². The number of carbonyl (C=O) groups excluding carboxylic acids is 1. The van der Waals surface area contributed by atoms with Crippen molar-refractivity contribution in [3.05, 3.63) is 35.5 Å². The van der Waals surface area contributed by atoms with E-state index in [0.717, 1.165) is 24.3 Å². The summed E-state index contributed by atoms with van der Waals surface area (Å²) in [5, 5.41) is 4.77. The highest BCUT2D eigenvalue weighted by Gasteiger charge is 2.36. The number of piperidine rings is 1. The molecule has 0 radical (unpaired) electrons. The van der Waals surface area contributed by atoms with Crippen LogP contribution in [-0.2, 0) is 11.8 Å². The van der Waals surface area contributed by atoms with Crippen LogP contribution in [0.25, 0.3) is 11.3 Å². The van der Waals surface area contributed by atoms with Crippen molar-refractivity contribution >= 4 is 11.7 Å². The van der Waals surface area contributed by atoms with Gasteiger partial charge in [0.2, 0.25) is 0 Å². The molecule has 4 heterocycles. The van der Waals surface area contributed by atoms with Crippen molar-refractivity contribution in [3.63, 3.8) is 0 Å². The Morgan fingerprint density at radius 3 is 2.55 bits per heavy atom. The molecule has 1 saturated heterocycles. The average Bonchev–Trinajstić information content (AvgIpc) is 2.94. The van der Waals surface area contributed by atoms with Gasteiger partial charge in [0.25, 0.3) is 0 Å². The summed E-state index contributed by atoms with van der Waals surface area (Å²) < 4.78 is 6.74. The van der Waals surface area contributed by atoms with Crippen molar-refractivity contribution in [1.29, 1.82) is 0 Å². The van der Waals surface area contributed by atoms with Gasteiger partial charge in [0, 0.05) is 31.6 Å². The number of esters is 1. The van der Waals surface area contributed by atoms with E-state index in [1.54, 1.807) is 0 Å². The molecule has 0 saturated carbocycles. The van der Waals surface area contributed by atoms with E-state index in [4.69, 9.17) is 9.84 Å². The molecule has 22 heavy (non-hydrogen) atoms. The molecular formula is C17H19N3O2. The molecule has 3 aliphatic heterocycles. The van der Waals surface area contributed by atoms with Crippen molar-refractivity contribution in [2.75, 3.05) is 25.1 Å². The molecule has 0 amide bonds. The Hall–Kier alpha value is -2.30. The Balaban J connectivity index is 1.79. The first kappa shape index (κ1) is 13.4. The number of methoxy groups -OCH3 is 1. The first-order valence-corrected chi connectivity index (χ1v) is 7.69. The van der Waals surface area contributed by atoms with Crippen LogP contribution < -0.4 is 4.90 Å². The summed E-state index contributed by atoms with van der Waals surface area (Å²) in [6.45, 7) is 2.24. The summed E-state index contributed by atoms with van der Waals surface area (Å²) in [4.78, 5) is 14.0. The van der Waals surface area contributed by atoms with E-state index in [2.05, 4.69) is 4.90 Å². The number of rotatable bonds is 2. The molecule has 5 heteroatoms. The maximum absolute atomic E-state index is 11.6. The van der Waals surface area contributed by atoms with E-state index in [1.807, 2.05) is 36.0 Å². The van der Waals surface area contributed by atoms with Crippen LogP contribution in [0.1, 0.15) is 34.8 Å². The SMILES string of the molecule is COC(=O)c1ccc(-c2c3c(nn2C)C2CCN3CC2)cc1. The zero-order valence-electron chi connectivity index (χ0n) is 12.9. The molecule has 114 valence electrons. The number of anilines is 1. The van der Waals surface area contributed by atoms with E-state index in [0.29, 0.717) is 11.5 Å². The van der Waals surface area contributed by atoms with Crippen molar-refractivity contribution in [2.45, 2.75) is 18.8 Å². The summed E-state index contributed by atoms with van der Waals surface area (Å²) in [5.74, 6) is 0.302. The van der Waals surface area contributed by atoms with Gasteiger partial charge >= 0.3 is 5.97 Å². The molecule has 0 spiro atoms. The van der Waals surface area contributed by atoms with Gasteiger partial charge in [-0.1, -0.05) is 12.1 Å². The van der Waals surface area contributed by atoms with E-state index in [9.17, 15) is 4.79 Å². The first-order chi connectivity index (χ1) is 10.7. The van der Waals surface area contributed by atoms with Gasteiger partial charge in [0.1, 0.15) is 0 Å². The Morgan fingerprint density at radius 2 is 1.91 bits per heavy atom. The minimum absolute atomic E-state index is 0.304. The van der Waals surface area contributed by atoms with Crippen molar-refractivity contribution in [2.24, 2.45) is 7.05 Å². The summed E-state index contributed by atoms with van der Waals surface area (Å²) >= 11 is 0. The number of ether oxygens (including phenoxy) is 1. The molecule has 0 unspecified atom stereocenters. The third kappa shape index (κ3) is 1.85. The summed E-state index contributed by atoms with van der Waals surface area (Å²) in [6, 6.07) is 7.59. The number of hydrogen-bond donors (Lipinski definition) is 0. The number of benzene rings is 1. The molecule has 0 N–H and O–H groups in total. The average molecular weight is 297 g/mol. The zero-order valence-corrected chi connectivity index (χ0v) is 12.9. The molecule has 1 fully saturated rings. The van der Waals surface area contributed by atoms with Crippen molar-refractivity contribution in [3.8, 4) is 11.3 Å². The summed E-state index contributed by atoms with van der Waals surface area (Å²) in [7, 11) is 3.40. The molecule has 2 bridgehead atoms. The van der Waals surface area contributed by atoms with E-state index < -0.39 is 0 Å². The number of nitrogens with zero attached hydrogens (tertiary/aromatic N) is 3. The summed E-state index contributed by atoms with van der Waals surface area (Å²) in [6.07, 6.45) is 2.43. The molecule has 5 nitrogen and oxygen atoms in total. The van der Waals surface area contributed by atoms with E-state index in [1.165, 1.54) is 31.3 Å². The van der Waals surface area contributed by atoms with Crippen molar-refractivity contribution in [1.82, 2.24) is 9.78 Å². The predicted octanol–water partition coefficient (Wildman–Crippen LogP) is 2.57. The van der Waals surface area contributed by atoms with Crippen LogP contribution in [-0.4, -0.2) is 35.9 Å². The third-order valence-corrected chi connectivity index (χ3v) is 4.83. The second-order valence-electron chi connectivity index (χ2n) is 6.04. The maximum Gasteiger partial charge on any atom is 0.337 e. The lowest BCUT2D eigenvalue weighted by atomic mass is 9.86. The molecule has 0 aliphatic carbocycles. The minimum Gasteiger partial charge on any atom is -0.465 e. The largest absolute Gasteiger partial charge is 0.465 e. The van der Waals surface area contributed by atoms with E-state index >= 15 is 0 Å². The van der Waals surface area contributed by atoms with Crippen LogP contribution in [0.2, 0.25) is 0 Å². The standard InChI is InChI=1S/C17H19N3O2/c1-19-15(12-3-5-13(6-4-12)17(21)22-2)16-14(18-19)11-7-9-20(16)10-8-11/h3-6,11H,7-10H2,1-2H3. The number of fused-ring (bicyclic) bond motifs is 2. The van der Waals surface area contributed by atoms with Crippen molar-refractivity contribution < 1.29 is 9.53 Å². The lowest BCUT2D eigenvalue weighted by Gasteiger charge is -2.39. The topological polar surface area (TPSA) is 47.4 Å². The summed E-state index contributed by atoms with van der Waals surface area (Å²) in [5.41, 5.74) is 5.35. The molecule has 5 rings (SSSR count). The van der Waals surface area contributed by atoms with Crippen LogP contribution >= 0.6 is 0 Å². The lowest BCUT2D eigenvalue weighted by molar-refractivity contribution is 0.0601. The molecule has 2 aromatic rings. The number of aromatic nitrogens is 2. The fraction of sp³-hybridized carbons (Fsp3) is 0.412. The van der Waals surface area contributed by atoms with Gasteiger partial charge in [-0.25, -0.2) is 4.79 Å². The van der Waals surface area contributed by atoms with Crippen LogP contribution in [0.4, 0.5) is 5.69 Å². The molecule has 1 aromatic heterocycles. The van der Waals surface area contributed by atoms with Gasteiger partial charge < -0.3 is 9.64 Å². The molecule has 1 aromatic carbocycles. The molecule has 3 aliphatic rings. The number of carbonyl (C=O) groups is 1. The Labute approximate surface area is 129 Å². The van der Waals surface area contributed by atoms with Gasteiger partial charge in [-0.2, -0.15) is 5.10 Å². The third-order valence-electron chi connectivity index (χ3n) is 4.83. The van der Waals surface area contributed by atoms with Gasteiger partial charge in [0.05, 0.1) is 29.7 Å². The Morgan fingerprint density at radius 1 is 1.23 bits per heavy atom. The highest BCUT2D eigenvalue weighted by molar-refractivity contribution is 5.90. The van der Waals surface area contributed by atoms with E-state index in [-0.39, 0.29) is 5.97 Å². The van der Waals surface area contributed by atoms with Gasteiger partial charge in [-0.05, 0) is 25.0 Å². The quantitative estimate of drug-likeness (QED) is 0.799. The monoisotopic (exact) mass is 297 g/mol. The Kier molecular flexibility index (Phi) is 2.96. The number of hydrogen-bond acceptors (Lipinski definition) is 4. The van der Waals surface area contributed by atoms with Gasteiger partial charge in [0.15, 0.2) is 0 Å². The normalized spacial score (nSPS) is 16.7. The fourth-order valence-corrected chi connectivity index (χ4v) is 3.70. The van der Waals surface area contributed by atoms with Crippen LogP contribution in [0.5, 0.6) is 0 Å². The first-order valence-electron chi connectivity index (χ1n) is 7.69. The van der Waals surface area contributed by atoms with Gasteiger partial charge in [-0.15, -0.1) is 0 Å². The molecular weight excluding hydrogens is 278 g/mol. The zero-order chi connectivity index (χ0) is 15.3. The Bertz CT molecular complexity index is 725. The lowest BCUT2D eigenvalue weighted by Crippen LogP contribution is -2.38. The smallest absolute Gasteiger partial charge is 0.337 e. The minimum atomic E-state index is -0.304. The maximum atomic E-state index is 11.6. The fourth-order valence-electron chi connectivity index (χ4n) is 3.70. The molecule has 0 atom stereocenters.